The van der Waals surface area contributed by atoms with E-state index in [1.165, 1.54) is 11.3 Å². The van der Waals surface area contributed by atoms with Crippen LogP contribution in [0.3, 0.4) is 0 Å². The highest BCUT2D eigenvalue weighted by Gasteiger charge is 2.40. The number of aryl methyl sites for hydroxylation is 1. The lowest BCUT2D eigenvalue weighted by molar-refractivity contribution is 0.0378. The Kier molecular flexibility index (Phi) is 4.32. The number of carbonyl (C=O) groups is 1. The fourth-order valence-electron chi connectivity index (χ4n) is 3.40. The first kappa shape index (κ1) is 16.2. The van der Waals surface area contributed by atoms with Crippen molar-refractivity contribution in [2.24, 2.45) is 0 Å². The van der Waals surface area contributed by atoms with Gasteiger partial charge in [0, 0.05) is 12.7 Å². The van der Waals surface area contributed by atoms with Gasteiger partial charge in [-0.2, -0.15) is 0 Å². The van der Waals surface area contributed by atoms with Crippen molar-refractivity contribution in [2.75, 3.05) is 6.54 Å². The highest BCUT2D eigenvalue weighted by Crippen LogP contribution is 2.34. The van der Waals surface area contributed by atoms with Crippen molar-refractivity contribution in [3.8, 4) is 0 Å². The van der Waals surface area contributed by atoms with Crippen LogP contribution in [-0.4, -0.2) is 28.8 Å². The Morgan fingerprint density at radius 3 is 2.87 bits per heavy atom. The van der Waals surface area contributed by atoms with Crippen molar-refractivity contribution in [2.45, 2.75) is 70.1 Å². The minimum absolute atomic E-state index is 0.167. The van der Waals surface area contributed by atoms with Gasteiger partial charge in [0.1, 0.15) is 5.60 Å². The van der Waals surface area contributed by atoms with Gasteiger partial charge in [0.2, 0.25) is 0 Å². The topological polar surface area (TPSA) is 63.2 Å². The summed E-state index contributed by atoms with van der Waals surface area (Å²) in [6, 6.07) is 4.45. The third-order valence-electron chi connectivity index (χ3n) is 4.72. The summed E-state index contributed by atoms with van der Waals surface area (Å²) in [4.78, 5) is 16.6. The molecule has 126 valence electrons. The van der Waals surface area contributed by atoms with Crippen LogP contribution in [0.1, 0.15) is 63.8 Å². The zero-order valence-electron chi connectivity index (χ0n) is 14.3. The number of rotatable bonds is 4. The number of amides is 1. The average Bonchev–Trinajstić information content (AvgIpc) is 2.83. The maximum absolute atomic E-state index is 12.1. The largest absolute Gasteiger partial charge is 0.444 e. The molecule has 1 aromatic heterocycles. The molecular formula is C18H27N3O2. The standard InChI is InChI=1S/C18H27N3O2/c1-17(2,3)23-16(22)21-18(9-5-10-18)12-20-14-8-7-13-6-4-11-19-15(13)14/h4,6,11,14,20H,5,7-10,12H2,1-3H3,(H,21,22). The van der Waals surface area contributed by atoms with Gasteiger partial charge in [-0.3, -0.25) is 4.98 Å². The Hall–Kier alpha value is -1.62. The molecule has 0 saturated heterocycles. The molecule has 1 heterocycles. The Balaban J connectivity index is 1.57. The van der Waals surface area contributed by atoms with E-state index in [0.29, 0.717) is 6.04 Å². The van der Waals surface area contributed by atoms with Gasteiger partial charge < -0.3 is 15.4 Å². The van der Waals surface area contributed by atoms with Crippen LogP contribution >= 0.6 is 0 Å². The molecule has 0 aliphatic heterocycles. The number of hydrogen-bond donors (Lipinski definition) is 2. The summed E-state index contributed by atoms with van der Waals surface area (Å²) in [5.41, 5.74) is 1.88. The molecule has 2 aliphatic carbocycles. The number of nitrogens with one attached hydrogen (secondary N) is 2. The van der Waals surface area contributed by atoms with E-state index in [-0.39, 0.29) is 11.6 Å². The second kappa shape index (κ2) is 6.11. The van der Waals surface area contributed by atoms with Gasteiger partial charge in [0.15, 0.2) is 0 Å². The van der Waals surface area contributed by atoms with Crippen LogP contribution in [0.4, 0.5) is 4.79 Å². The van der Waals surface area contributed by atoms with E-state index < -0.39 is 5.60 Å². The Morgan fingerprint density at radius 1 is 1.43 bits per heavy atom. The molecule has 1 fully saturated rings. The number of nitrogens with zero attached hydrogens (tertiary/aromatic N) is 1. The van der Waals surface area contributed by atoms with Gasteiger partial charge in [-0.1, -0.05) is 6.07 Å². The molecule has 1 atom stereocenters. The lowest BCUT2D eigenvalue weighted by Gasteiger charge is -2.43. The zero-order valence-corrected chi connectivity index (χ0v) is 14.3. The predicted molar refractivity (Wildman–Crippen MR) is 89.3 cm³/mol. The maximum Gasteiger partial charge on any atom is 0.408 e. The zero-order chi connectivity index (χ0) is 16.5. The van der Waals surface area contributed by atoms with Gasteiger partial charge in [0.05, 0.1) is 17.3 Å². The van der Waals surface area contributed by atoms with Gasteiger partial charge >= 0.3 is 6.09 Å². The third kappa shape index (κ3) is 3.83. The fourth-order valence-corrected chi connectivity index (χ4v) is 3.40. The monoisotopic (exact) mass is 317 g/mol. The summed E-state index contributed by atoms with van der Waals surface area (Å²) in [5.74, 6) is 0. The van der Waals surface area contributed by atoms with Crippen molar-refractivity contribution in [1.82, 2.24) is 15.6 Å². The summed E-state index contributed by atoms with van der Waals surface area (Å²) >= 11 is 0. The van der Waals surface area contributed by atoms with Crippen LogP contribution in [0, 0.1) is 0 Å². The van der Waals surface area contributed by atoms with Crippen molar-refractivity contribution < 1.29 is 9.53 Å². The number of hydrogen-bond acceptors (Lipinski definition) is 4. The molecule has 1 aromatic rings. The lowest BCUT2D eigenvalue weighted by Crippen LogP contribution is -2.60. The van der Waals surface area contributed by atoms with E-state index in [1.807, 2.05) is 33.0 Å². The molecule has 23 heavy (non-hydrogen) atoms. The second-order valence-corrected chi connectivity index (χ2v) is 7.78. The molecule has 3 rings (SSSR count). The molecule has 5 heteroatoms. The number of ether oxygens (including phenoxy) is 1. The minimum atomic E-state index is -0.462. The third-order valence-corrected chi connectivity index (χ3v) is 4.72. The van der Waals surface area contributed by atoms with Crippen molar-refractivity contribution in [3.05, 3.63) is 29.6 Å². The summed E-state index contributed by atoms with van der Waals surface area (Å²) in [5, 5.41) is 6.71. The van der Waals surface area contributed by atoms with Crippen LogP contribution in [-0.2, 0) is 11.2 Å². The minimum Gasteiger partial charge on any atom is -0.444 e. The van der Waals surface area contributed by atoms with Crippen molar-refractivity contribution in [1.29, 1.82) is 0 Å². The number of carbonyl (C=O) groups excluding carboxylic acids is 1. The highest BCUT2D eigenvalue weighted by molar-refractivity contribution is 5.69. The summed E-state index contributed by atoms with van der Waals surface area (Å²) in [7, 11) is 0. The SMILES string of the molecule is CC(C)(C)OC(=O)NC1(CNC2CCc3cccnc32)CCC1. The molecule has 1 amide bonds. The number of alkyl carbamates (subject to hydrolysis) is 1. The van der Waals surface area contributed by atoms with Crippen LogP contribution in [0.5, 0.6) is 0 Å². The van der Waals surface area contributed by atoms with E-state index in [1.54, 1.807) is 0 Å². The van der Waals surface area contributed by atoms with Crippen molar-refractivity contribution in [3.63, 3.8) is 0 Å². The number of aromatic nitrogens is 1. The number of pyridine rings is 1. The molecular weight excluding hydrogens is 290 g/mol. The van der Waals surface area contributed by atoms with E-state index in [0.717, 1.165) is 38.6 Å². The summed E-state index contributed by atoms with van der Waals surface area (Å²) in [6.45, 7) is 6.44. The smallest absolute Gasteiger partial charge is 0.408 e. The van der Waals surface area contributed by atoms with Crippen LogP contribution < -0.4 is 10.6 Å². The van der Waals surface area contributed by atoms with E-state index >= 15 is 0 Å². The molecule has 1 saturated carbocycles. The Bertz CT molecular complexity index is 576. The van der Waals surface area contributed by atoms with Gasteiger partial charge in [-0.05, 0) is 64.5 Å². The lowest BCUT2D eigenvalue weighted by atomic mass is 9.76. The first-order valence-corrected chi connectivity index (χ1v) is 8.55. The molecule has 2 aliphatic rings. The van der Waals surface area contributed by atoms with Gasteiger partial charge in [-0.25, -0.2) is 4.79 Å². The highest BCUT2D eigenvalue weighted by atomic mass is 16.6. The van der Waals surface area contributed by atoms with Crippen LogP contribution in [0.15, 0.2) is 18.3 Å². The van der Waals surface area contributed by atoms with Crippen LogP contribution in [0.25, 0.3) is 0 Å². The van der Waals surface area contributed by atoms with E-state index in [4.69, 9.17) is 4.74 Å². The second-order valence-electron chi connectivity index (χ2n) is 7.78. The molecule has 5 nitrogen and oxygen atoms in total. The summed E-state index contributed by atoms with van der Waals surface area (Å²) in [6.07, 6.45) is 6.85. The molecule has 2 N–H and O–H groups in total. The van der Waals surface area contributed by atoms with Crippen LogP contribution in [0.2, 0.25) is 0 Å². The molecule has 0 spiro atoms. The quantitative estimate of drug-likeness (QED) is 0.895. The Morgan fingerprint density at radius 2 is 2.22 bits per heavy atom. The van der Waals surface area contributed by atoms with E-state index in [2.05, 4.69) is 21.7 Å². The summed E-state index contributed by atoms with van der Waals surface area (Å²) < 4.78 is 5.41. The molecule has 0 radical (unpaired) electrons. The first-order valence-electron chi connectivity index (χ1n) is 8.55. The van der Waals surface area contributed by atoms with Gasteiger partial charge in [-0.15, -0.1) is 0 Å². The number of fused-ring (bicyclic) bond motifs is 1. The maximum atomic E-state index is 12.1. The fraction of sp³-hybridized carbons (Fsp3) is 0.667. The molecule has 1 unspecified atom stereocenters. The van der Waals surface area contributed by atoms with E-state index in [9.17, 15) is 4.79 Å². The first-order chi connectivity index (χ1) is 10.9. The van der Waals surface area contributed by atoms with Gasteiger partial charge in [0.25, 0.3) is 0 Å². The van der Waals surface area contributed by atoms with Crippen molar-refractivity contribution >= 4 is 6.09 Å². The molecule has 0 bridgehead atoms. The normalized spacial score (nSPS) is 22.1. The molecule has 0 aromatic carbocycles. The average molecular weight is 317 g/mol. The predicted octanol–water partition coefficient (Wildman–Crippen LogP) is 3.11. The Labute approximate surface area is 138 Å².